The van der Waals surface area contributed by atoms with Gasteiger partial charge in [-0.2, -0.15) is 0 Å². The van der Waals surface area contributed by atoms with Crippen LogP contribution in [0.3, 0.4) is 0 Å². The number of nitrogens with zero attached hydrogens (tertiary/aromatic N) is 2. The average Bonchev–Trinajstić information content (AvgIpc) is 3.01. The Bertz CT molecular complexity index is 997. The molecular weight excluding hydrogens is 460 g/mol. The number of benzene rings is 2. The van der Waals surface area contributed by atoms with Gasteiger partial charge in [0.2, 0.25) is 0 Å². The normalized spacial score (nSPS) is 17.9. The summed E-state index contributed by atoms with van der Waals surface area (Å²) in [4.78, 5) is 29.3. The minimum Gasteiger partial charge on any atom is -0.507 e. The number of hydrogen-bond donors (Lipinski definition) is 1. The number of ketones is 1. The van der Waals surface area contributed by atoms with Crippen LogP contribution in [0.15, 0.2) is 71.2 Å². The number of likely N-dealkylation sites (N-methyl/N-ethyl adjacent to an activating group) is 1. The molecule has 1 aliphatic heterocycles. The number of carbonyl (C=O) groups is 2. The fourth-order valence-electron chi connectivity index (χ4n) is 3.43. The maximum atomic E-state index is 13.0. The molecule has 2 aromatic carbocycles. The summed E-state index contributed by atoms with van der Waals surface area (Å²) < 4.78 is 6.36. The van der Waals surface area contributed by atoms with Crippen LogP contribution in [0, 0.1) is 0 Å². The highest BCUT2D eigenvalue weighted by atomic mass is 79.9. The molecular formula is C24H25BrN2O4. The molecule has 1 heterocycles. The second-order valence-electron chi connectivity index (χ2n) is 7.47. The minimum atomic E-state index is -0.684. The second-order valence-corrected chi connectivity index (χ2v) is 8.39. The zero-order valence-electron chi connectivity index (χ0n) is 17.5. The smallest absolute Gasteiger partial charge is 0.295 e. The third-order valence-electron chi connectivity index (χ3n) is 5.01. The number of hydrogen-bond acceptors (Lipinski definition) is 5. The van der Waals surface area contributed by atoms with Crippen LogP contribution in [-0.2, 0) is 9.59 Å². The quantitative estimate of drug-likeness (QED) is 0.265. The largest absolute Gasteiger partial charge is 0.507 e. The number of rotatable bonds is 8. The van der Waals surface area contributed by atoms with E-state index in [1.54, 1.807) is 30.3 Å². The molecule has 0 aromatic heterocycles. The van der Waals surface area contributed by atoms with Crippen LogP contribution in [-0.4, -0.2) is 60.4 Å². The summed E-state index contributed by atoms with van der Waals surface area (Å²) in [5.41, 5.74) is 1.29. The van der Waals surface area contributed by atoms with Crippen LogP contribution >= 0.6 is 15.9 Å². The van der Waals surface area contributed by atoms with E-state index in [2.05, 4.69) is 22.5 Å². The van der Waals surface area contributed by atoms with Crippen LogP contribution in [0.1, 0.15) is 17.2 Å². The van der Waals surface area contributed by atoms with Gasteiger partial charge in [-0.1, -0.05) is 40.7 Å². The lowest BCUT2D eigenvalue weighted by Gasteiger charge is -2.26. The van der Waals surface area contributed by atoms with Crippen LogP contribution in [0.5, 0.6) is 5.75 Å². The summed E-state index contributed by atoms with van der Waals surface area (Å²) in [7, 11) is 3.81. The molecule has 1 unspecified atom stereocenters. The van der Waals surface area contributed by atoms with Gasteiger partial charge in [0.15, 0.2) is 0 Å². The molecule has 7 heteroatoms. The van der Waals surface area contributed by atoms with E-state index in [1.165, 1.54) is 4.90 Å². The fourth-order valence-corrected chi connectivity index (χ4v) is 3.69. The summed E-state index contributed by atoms with van der Waals surface area (Å²) in [6.45, 7) is 4.94. The summed E-state index contributed by atoms with van der Waals surface area (Å²) in [6.07, 6.45) is 1.64. The Balaban J connectivity index is 2.05. The molecule has 31 heavy (non-hydrogen) atoms. The standard InChI is InChI=1S/C24H25BrN2O4/c1-4-15-31-19-11-7-17(8-12-19)22(28)20-21(16-5-9-18(25)10-6-16)27(14-13-26(2)3)24(30)23(20)29/h4-12,21,28H,1,13-15H2,2-3H3/b22-20-. The van der Waals surface area contributed by atoms with E-state index in [-0.39, 0.29) is 11.3 Å². The van der Waals surface area contributed by atoms with Gasteiger partial charge in [0.1, 0.15) is 18.1 Å². The molecule has 6 nitrogen and oxygen atoms in total. The Hall–Kier alpha value is -2.90. The van der Waals surface area contributed by atoms with Gasteiger partial charge in [0, 0.05) is 23.1 Å². The Morgan fingerprint density at radius 1 is 1.16 bits per heavy atom. The van der Waals surface area contributed by atoms with Gasteiger partial charge in [-0.05, 0) is 56.1 Å². The molecule has 1 fully saturated rings. The van der Waals surface area contributed by atoms with Crippen LogP contribution in [0.4, 0.5) is 0 Å². The van der Waals surface area contributed by atoms with Gasteiger partial charge < -0.3 is 19.6 Å². The SMILES string of the molecule is C=CCOc1ccc(/C(O)=C2/C(=O)C(=O)N(CCN(C)C)C2c2ccc(Br)cc2)cc1. The molecule has 1 N–H and O–H groups in total. The molecule has 1 saturated heterocycles. The maximum Gasteiger partial charge on any atom is 0.295 e. The predicted molar refractivity (Wildman–Crippen MR) is 124 cm³/mol. The Morgan fingerprint density at radius 3 is 2.39 bits per heavy atom. The number of ether oxygens (including phenoxy) is 1. The van der Waals surface area contributed by atoms with E-state index in [1.807, 2.05) is 43.3 Å². The predicted octanol–water partition coefficient (Wildman–Crippen LogP) is 4.00. The van der Waals surface area contributed by atoms with Crippen molar-refractivity contribution < 1.29 is 19.4 Å². The fraction of sp³-hybridized carbons (Fsp3) is 0.250. The summed E-state index contributed by atoms with van der Waals surface area (Å²) in [6, 6.07) is 13.5. The molecule has 1 atom stereocenters. The zero-order chi connectivity index (χ0) is 22.5. The van der Waals surface area contributed by atoms with Crippen LogP contribution in [0.25, 0.3) is 5.76 Å². The second kappa shape index (κ2) is 9.94. The van der Waals surface area contributed by atoms with Crippen molar-refractivity contribution in [2.24, 2.45) is 0 Å². The third kappa shape index (κ3) is 5.06. The van der Waals surface area contributed by atoms with Gasteiger partial charge >= 0.3 is 0 Å². The zero-order valence-corrected chi connectivity index (χ0v) is 19.1. The number of likely N-dealkylation sites (tertiary alicyclic amines) is 1. The van der Waals surface area contributed by atoms with Crippen molar-refractivity contribution in [3.05, 3.63) is 82.4 Å². The van der Waals surface area contributed by atoms with Crippen LogP contribution in [0.2, 0.25) is 0 Å². The van der Waals surface area contributed by atoms with Crippen molar-refractivity contribution in [1.82, 2.24) is 9.80 Å². The van der Waals surface area contributed by atoms with E-state index in [0.717, 1.165) is 10.0 Å². The minimum absolute atomic E-state index is 0.0887. The van der Waals surface area contributed by atoms with E-state index >= 15 is 0 Å². The third-order valence-corrected chi connectivity index (χ3v) is 5.54. The first-order valence-electron chi connectivity index (χ1n) is 9.86. The number of aliphatic hydroxyl groups is 1. The number of amides is 1. The molecule has 2 aromatic rings. The number of halogens is 1. The van der Waals surface area contributed by atoms with E-state index in [4.69, 9.17) is 4.74 Å². The van der Waals surface area contributed by atoms with Crippen molar-refractivity contribution in [3.8, 4) is 5.75 Å². The highest BCUT2D eigenvalue weighted by Crippen LogP contribution is 2.39. The topological polar surface area (TPSA) is 70.1 Å². The van der Waals surface area contributed by atoms with E-state index < -0.39 is 17.7 Å². The van der Waals surface area contributed by atoms with Crippen molar-refractivity contribution >= 4 is 33.4 Å². The molecule has 0 bridgehead atoms. The van der Waals surface area contributed by atoms with E-state index in [0.29, 0.717) is 31.0 Å². The highest BCUT2D eigenvalue weighted by molar-refractivity contribution is 9.10. The van der Waals surface area contributed by atoms with E-state index in [9.17, 15) is 14.7 Å². The van der Waals surface area contributed by atoms with Gasteiger partial charge in [-0.3, -0.25) is 9.59 Å². The van der Waals surface area contributed by atoms with Crippen molar-refractivity contribution in [2.45, 2.75) is 6.04 Å². The Kier molecular flexibility index (Phi) is 7.30. The summed E-state index contributed by atoms with van der Waals surface area (Å²) >= 11 is 3.41. The number of aliphatic hydroxyl groups excluding tert-OH is 1. The molecule has 0 spiro atoms. The first-order chi connectivity index (χ1) is 14.8. The molecule has 3 rings (SSSR count). The first kappa shape index (κ1) is 22.8. The molecule has 0 radical (unpaired) electrons. The lowest BCUT2D eigenvalue weighted by molar-refractivity contribution is -0.140. The van der Waals surface area contributed by atoms with Gasteiger partial charge in [-0.15, -0.1) is 0 Å². The van der Waals surface area contributed by atoms with Gasteiger partial charge in [0.05, 0.1) is 11.6 Å². The highest BCUT2D eigenvalue weighted by Gasteiger charge is 2.45. The Morgan fingerprint density at radius 2 is 1.81 bits per heavy atom. The van der Waals surface area contributed by atoms with Crippen LogP contribution < -0.4 is 4.74 Å². The number of Topliss-reactive ketones (excluding diaryl/α,β-unsaturated/α-hetero) is 1. The number of carbonyl (C=O) groups excluding carboxylic acids is 2. The van der Waals surface area contributed by atoms with Crippen molar-refractivity contribution in [2.75, 3.05) is 33.8 Å². The van der Waals surface area contributed by atoms with Gasteiger partial charge in [-0.25, -0.2) is 0 Å². The average molecular weight is 485 g/mol. The molecule has 0 saturated carbocycles. The molecule has 1 amide bonds. The monoisotopic (exact) mass is 484 g/mol. The van der Waals surface area contributed by atoms with Crippen molar-refractivity contribution in [1.29, 1.82) is 0 Å². The molecule has 1 aliphatic rings. The lowest BCUT2D eigenvalue weighted by atomic mass is 9.95. The molecule has 162 valence electrons. The van der Waals surface area contributed by atoms with Crippen molar-refractivity contribution in [3.63, 3.8) is 0 Å². The Labute approximate surface area is 190 Å². The maximum absolute atomic E-state index is 13.0. The first-order valence-corrected chi connectivity index (χ1v) is 10.7. The molecule has 0 aliphatic carbocycles. The summed E-state index contributed by atoms with van der Waals surface area (Å²) in [5, 5.41) is 11.1. The lowest BCUT2D eigenvalue weighted by Crippen LogP contribution is -2.35. The van der Waals surface area contributed by atoms with Gasteiger partial charge in [0.25, 0.3) is 11.7 Å². The summed E-state index contributed by atoms with van der Waals surface area (Å²) in [5.74, 6) is -0.875.